The van der Waals surface area contributed by atoms with Gasteiger partial charge in [0, 0.05) is 18.3 Å². The van der Waals surface area contributed by atoms with Crippen molar-refractivity contribution in [1.29, 1.82) is 0 Å². The van der Waals surface area contributed by atoms with Crippen LogP contribution in [0, 0.1) is 0 Å². The molecule has 0 aliphatic carbocycles. The van der Waals surface area contributed by atoms with E-state index in [-0.39, 0.29) is 6.01 Å². The van der Waals surface area contributed by atoms with Gasteiger partial charge in [-0.3, -0.25) is 0 Å². The minimum absolute atomic E-state index is 0.253. The highest BCUT2D eigenvalue weighted by Gasteiger charge is 2.44. The van der Waals surface area contributed by atoms with Crippen molar-refractivity contribution in [3.63, 3.8) is 0 Å². The lowest BCUT2D eigenvalue weighted by Crippen LogP contribution is -2.54. The number of aliphatic hydroxyl groups is 1. The molecular formula is C14H21N3O3. The number of ether oxygens (including phenoxy) is 2. The van der Waals surface area contributed by atoms with E-state index in [1.807, 2.05) is 0 Å². The Labute approximate surface area is 118 Å². The standard InChI is InChI=1S/C14H21N3O3/c1-19-12-11(8-15-13(17-12)20-2)14(18)6-9-4-3-5-10(7-14)16-9/h8-10,16,18H,3-7H2,1-2H3. The molecule has 20 heavy (non-hydrogen) atoms. The topological polar surface area (TPSA) is 76.5 Å². The van der Waals surface area contributed by atoms with Gasteiger partial charge in [0.15, 0.2) is 0 Å². The van der Waals surface area contributed by atoms with E-state index in [2.05, 4.69) is 15.3 Å². The summed E-state index contributed by atoms with van der Waals surface area (Å²) < 4.78 is 10.3. The molecule has 2 aliphatic rings. The van der Waals surface area contributed by atoms with Crippen LogP contribution in [0.15, 0.2) is 6.20 Å². The smallest absolute Gasteiger partial charge is 0.319 e. The van der Waals surface area contributed by atoms with Gasteiger partial charge in [-0.1, -0.05) is 6.42 Å². The highest BCUT2D eigenvalue weighted by atomic mass is 16.5. The maximum atomic E-state index is 11.1. The molecule has 0 aromatic carbocycles. The summed E-state index contributed by atoms with van der Waals surface area (Å²) in [5.74, 6) is 0.402. The summed E-state index contributed by atoms with van der Waals surface area (Å²) in [7, 11) is 3.06. The highest BCUT2D eigenvalue weighted by Crippen LogP contribution is 2.42. The van der Waals surface area contributed by atoms with E-state index >= 15 is 0 Å². The van der Waals surface area contributed by atoms with E-state index in [9.17, 15) is 5.11 Å². The molecule has 0 amide bonds. The summed E-state index contributed by atoms with van der Waals surface area (Å²) in [6.07, 6.45) is 6.43. The second-order valence-corrected chi connectivity index (χ2v) is 5.71. The van der Waals surface area contributed by atoms with Crippen LogP contribution in [0.5, 0.6) is 11.9 Å². The average molecular weight is 279 g/mol. The second-order valence-electron chi connectivity index (χ2n) is 5.71. The van der Waals surface area contributed by atoms with E-state index < -0.39 is 5.60 Å². The Morgan fingerprint density at radius 1 is 1.25 bits per heavy atom. The lowest BCUT2D eigenvalue weighted by atomic mass is 9.74. The number of aromatic nitrogens is 2. The molecule has 1 aromatic rings. The molecule has 0 saturated carbocycles. The summed E-state index contributed by atoms with van der Waals surface area (Å²) in [5, 5.41) is 14.7. The molecule has 2 saturated heterocycles. The first-order chi connectivity index (χ1) is 9.64. The summed E-state index contributed by atoms with van der Waals surface area (Å²) in [5.41, 5.74) is -0.252. The van der Waals surface area contributed by atoms with Gasteiger partial charge >= 0.3 is 6.01 Å². The predicted molar refractivity (Wildman–Crippen MR) is 72.8 cm³/mol. The molecule has 0 radical (unpaired) electrons. The normalized spacial score (nSPS) is 32.8. The van der Waals surface area contributed by atoms with E-state index in [1.165, 1.54) is 13.5 Å². The highest BCUT2D eigenvalue weighted by molar-refractivity contribution is 5.32. The third-order valence-electron chi connectivity index (χ3n) is 4.35. The number of nitrogens with zero attached hydrogens (tertiary/aromatic N) is 2. The largest absolute Gasteiger partial charge is 0.481 e. The zero-order chi connectivity index (χ0) is 14.2. The SMILES string of the molecule is COc1ncc(C2(O)CC3CCCC(C2)N3)c(OC)n1. The Morgan fingerprint density at radius 3 is 2.55 bits per heavy atom. The summed E-state index contributed by atoms with van der Waals surface area (Å²) in [6, 6.07) is 0.974. The zero-order valence-electron chi connectivity index (χ0n) is 11.9. The molecule has 2 N–H and O–H groups in total. The maximum absolute atomic E-state index is 11.1. The van der Waals surface area contributed by atoms with Crippen molar-refractivity contribution in [3.8, 4) is 11.9 Å². The predicted octanol–water partition coefficient (Wildman–Crippen LogP) is 0.986. The van der Waals surface area contributed by atoms with Gasteiger partial charge in [0.2, 0.25) is 5.88 Å². The van der Waals surface area contributed by atoms with Crippen LogP contribution in [0.1, 0.15) is 37.7 Å². The molecule has 3 rings (SSSR count). The third kappa shape index (κ3) is 2.33. The van der Waals surface area contributed by atoms with Gasteiger partial charge < -0.3 is 19.9 Å². The summed E-state index contributed by atoms with van der Waals surface area (Å²) >= 11 is 0. The fourth-order valence-corrected chi connectivity index (χ4v) is 3.48. The summed E-state index contributed by atoms with van der Waals surface area (Å²) in [4.78, 5) is 8.31. The van der Waals surface area contributed by atoms with Crippen LogP contribution >= 0.6 is 0 Å². The number of nitrogens with one attached hydrogen (secondary N) is 1. The summed E-state index contributed by atoms with van der Waals surface area (Å²) in [6.45, 7) is 0. The number of hydrogen-bond donors (Lipinski definition) is 2. The lowest BCUT2D eigenvalue weighted by molar-refractivity contribution is -0.0381. The minimum atomic E-state index is -0.918. The van der Waals surface area contributed by atoms with Gasteiger partial charge in [-0.05, 0) is 25.7 Å². The molecule has 6 heteroatoms. The van der Waals surface area contributed by atoms with Crippen LogP contribution in [0.4, 0.5) is 0 Å². The fraction of sp³-hybridized carbons (Fsp3) is 0.714. The van der Waals surface area contributed by atoms with Gasteiger partial charge in [-0.25, -0.2) is 4.98 Å². The van der Waals surface area contributed by atoms with Crippen LogP contribution in [0.3, 0.4) is 0 Å². The van der Waals surface area contributed by atoms with Crippen molar-refractivity contribution >= 4 is 0 Å². The molecule has 2 atom stereocenters. The Morgan fingerprint density at radius 2 is 1.95 bits per heavy atom. The van der Waals surface area contributed by atoms with E-state index in [4.69, 9.17) is 9.47 Å². The lowest BCUT2D eigenvalue weighted by Gasteiger charge is -2.45. The van der Waals surface area contributed by atoms with Crippen molar-refractivity contribution in [2.75, 3.05) is 14.2 Å². The average Bonchev–Trinajstić information content (AvgIpc) is 2.46. The first-order valence-corrected chi connectivity index (χ1v) is 7.08. The van der Waals surface area contributed by atoms with Crippen LogP contribution < -0.4 is 14.8 Å². The monoisotopic (exact) mass is 279 g/mol. The first kappa shape index (κ1) is 13.6. The van der Waals surface area contributed by atoms with Crippen LogP contribution in [0.2, 0.25) is 0 Å². The minimum Gasteiger partial charge on any atom is -0.481 e. The number of methoxy groups -OCH3 is 2. The van der Waals surface area contributed by atoms with Crippen molar-refractivity contribution < 1.29 is 14.6 Å². The zero-order valence-corrected chi connectivity index (χ0v) is 11.9. The van der Waals surface area contributed by atoms with Crippen molar-refractivity contribution in [3.05, 3.63) is 11.8 Å². The van der Waals surface area contributed by atoms with E-state index in [0.29, 0.717) is 36.4 Å². The molecule has 110 valence electrons. The molecule has 3 heterocycles. The van der Waals surface area contributed by atoms with E-state index in [0.717, 1.165) is 12.8 Å². The molecular weight excluding hydrogens is 258 g/mol. The third-order valence-corrected chi connectivity index (χ3v) is 4.35. The molecule has 0 spiro atoms. The van der Waals surface area contributed by atoms with Crippen LogP contribution in [0.25, 0.3) is 0 Å². The van der Waals surface area contributed by atoms with Crippen LogP contribution in [-0.4, -0.2) is 41.4 Å². The van der Waals surface area contributed by atoms with Gasteiger partial charge in [-0.15, -0.1) is 0 Å². The van der Waals surface area contributed by atoms with Gasteiger partial charge in [0.05, 0.1) is 25.4 Å². The number of rotatable bonds is 3. The fourth-order valence-electron chi connectivity index (χ4n) is 3.48. The molecule has 1 aromatic heterocycles. The Kier molecular flexibility index (Phi) is 3.52. The second kappa shape index (κ2) is 5.18. The van der Waals surface area contributed by atoms with Gasteiger partial charge in [0.25, 0.3) is 0 Å². The molecule has 2 fully saturated rings. The number of piperidine rings is 2. The van der Waals surface area contributed by atoms with Gasteiger partial charge in [0.1, 0.15) is 0 Å². The number of hydrogen-bond acceptors (Lipinski definition) is 6. The quantitative estimate of drug-likeness (QED) is 0.859. The van der Waals surface area contributed by atoms with Crippen molar-refractivity contribution in [2.24, 2.45) is 0 Å². The van der Waals surface area contributed by atoms with E-state index in [1.54, 1.807) is 13.3 Å². The van der Waals surface area contributed by atoms with Crippen molar-refractivity contribution in [1.82, 2.24) is 15.3 Å². The van der Waals surface area contributed by atoms with Gasteiger partial charge in [-0.2, -0.15) is 4.98 Å². The maximum Gasteiger partial charge on any atom is 0.319 e. The molecule has 2 bridgehead atoms. The Hall–Kier alpha value is -1.40. The Balaban J connectivity index is 1.94. The molecule has 6 nitrogen and oxygen atoms in total. The molecule has 2 unspecified atom stereocenters. The number of fused-ring (bicyclic) bond motifs is 2. The van der Waals surface area contributed by atoms with Crippen molar-refractivity contribution in [2.45, 2.75) is 49.8 Å². The van der Waals surface area contributed by atoms with Crippen LogP contribution in [-0.2, 0) is 5.60 Å². The first-order valence-electron chi connectivity index (χ1n) is 7.08. The Bertz CT molecular complexity index is 483. The molecule has 2 aliphatic heterocycles.